The Morgan fingerprint density at radius 3 is 2.76 bits per heavy atom. The Bertz CT molecular complexity index is 758. The van der Waals surface area contributed by atoms with Crippen LogP contribution >= 0.6 is 11.3 Å². The number of hydrogen-bond acceptors (Lipinski definition) is 5. The van der Waals surface area contributed by atoms with Crippen LogP contribution in [0.1, 0.15) is 48.6 Å². The smallest absolute Gasteiger partial charge is 0.309 e. The van der Waals surface area contributed by atoms with Crippen molar-refractivity contribution in [3.8, 4) is 0 Å². The maximum Gasteiger partial charge on any atom is 0.309 e. The first-order chi connectivity index (χ1) is 9.97. The number of nitrogens with zero attached hydrogens (tertiary/aromatic N) is 1. The molecule has 2 aromatic heterocycles. The van der Waals surface area contributed by atoms with Crippen molar-refractivity contribution >= 4 is 27.5 Å². The number of H-pyrrole nitrogens is 1. The van der Waals surface area contributed by atoms with E-state index in [2.05, 4.69) is 9.97 Å². The maximum atomic E-state index is 12.2. The van der Waals surface area contributed by atoms with Gasteiger partial charge in [-0.15, -0.1) is 11.3 Å². The molecule has 1 N–H and O–H groups in total. The minimum atomic E-state index is -0.530. The second-order valence-electron chi connectivity index (χ2n) is 5.62. The van der Waals surface area contributed by atoms with Crippen molar-refractivity contribution in [2.75, 3.05) is 0 Å². The van der Waals surface area contributed by atoms with Crippen LogP contribution in [0, 0.1) is 19.8 Å². The van der Waals surface area contributed by atoms with Crippen LogP contribution in [0.5, 0.6) is 0 Å². The number of hydrogen-bond donors (Lipinski definition) is 1. The lowest BCUT2D eigenvalue weighted by Gasteiger charge is -2.24. The summed E-state index contributed by atoms with van der Waals surface area (Å²) in [5.74, 6) is 0.255. The van der Waals surface area contributed by atoms with E-state index in [0.29, 0.717) is 16.0 Å². The molecular weight excluding hydrogens is 288 g/mol. The van der Waals surface area contributed by atoms with Crippen molar-refractivity contribution < 1.29 is 9.53 Å². The number of rotatable bonds is 3. The van der Waals surface area contributed by atoms with Crippen molar-refractivity contribution in [2.24, 2.45) is 5.92 Å². The maximum absolute atomic E-state index is 12.2. The number of thiophene rings is 1. The molecule has 21 heavy (non-hydrogen) atoms. The van der Waals surface area contributed by atoms with Gasteiger partial charge in [0.05, 0.1) is 11.3 Å². The highest BCUT2D eigenvalue weighted by molar-refractivity contribution is 7.18. The minimum Gasteiger partial charge on any atom is -0.454 e. The molecule has 1 saturated carbocycles. The van der Waals surface area contributed by atoms with Crippen LogP contribution in [0.25, 0.3) is 10.2 Å². The van der Waals surface area contributed by atoms with Crippen molar-refractivity contribution in [2.45, 2.75) is 46.1 Å². The van der Waals surface area contributed by atoms with Gasteiger partial charge in [0.1, 0.15) is 4.83 Å². The Labute approximate surface area is 126 Å². The Balaban J connectivity index is 1.89. The monoisotopic (exact) mass is 306 g/mol. The fraction of sp³-hybridized carbons (Fsp3) is 0.533. The number of aromatic amines is 1. The number of aryl methyl sites for hydroxylation is 2. The van der Waals surface area contributed by atoms with Gasteiger partial charge in [-0.2, -0.15) is 0 Å². The van der Waals surface area contributed by atoms with Gasteiger partial charge < -0.3 is 9.72 Å². The fourth-order valence-electron chi connectivity index (χ4n) is 2.43. The summed E-state index contributed by atoms with van der Waals surface area (Å²) in [5.41, 5.74) is 0.804. The average molecular weight is 306 g/mol. The van der Waals surface area contributed by atoms with E-state index >= 15 is 0 Å². The summed E-state index contributed by atoms with van der Waals surface area (Å²) >= 11 is 1.49. The molecule has 0 saturated heterocycles. The van der Waals surface area contributed by atoms with Crippen LogP contribution < -0.4 is 5.56 Å². The van der Waals surface area contributed by atoms with E-state index in [-0.39, 0.29) is 17.4 Å². The Kier molecular flexibility index (Phi) is 3.57. The highest BCUT2D eigenvalue weighted by Gasteiger charge is 2.29. The zero-order chi connectivity index (χ0) is 15.1. The zero-order valence-corrected chi connectivity index (χ0v) is 13.2. The van der Waals surface area contributed by atoms with Crippen LogP contribution in [0.2, 0.25) is 0 Å². The molecule has 0 aliphatic heterocycles. The molecule has 0 spiro atoms. The molecule has 2 heterocycles. The summed E-state index contributed by atoms with van der Waals surface area (Å²) in [4.78, 5) is 33.1. The average Bonchev–Trinajstić information content (AvgIpc) is 2.62. The summed E-state index contributed by atoms with van der Waals surface area (Å²) in [5, 5.41) is 0.638. The SMILES string of the molecule is Cc1sc2nc([C@@H](C)OC(=O)C3CCC3)[nH]c(=O)c2c1C. The van der Waals surface area contributed by atoms with E-state index in [9.17, 15) is 9.59 Å². The largest absolute Gasteiger partial charge is 0.454 e. The normalized spacial score (nSPS) is 16.7. The number of aromatic nitrogens is 2. The highest BCUT2D eigenvalue weighted by atomic mass is 32.1. The summed E-state index contributed by atoms with van der Waals surface area (Å²) in [7, 11) is 0. The molecular formula is C15H18N2O3S. The number of carbonyl (C=O) groups excluding carboxylic acids is 1. The van der Waals surface area contributed by atoms with E-state index in [1.165, 1.54) is 11.3 Å². The van der Waals surface area contributed by atoms with Crippen LogP contribution in [0.3, 0.4) is 0 Å². The van der Waals surface area contributed by atoms with Crippen molar-refractivity contribution in [3.05, 3.63) is 26.6 Å². The molecule has 1 atom stereocenters. The first-order valence-electron chi connectivity index (χ1n) is 7.17. The molecule has 6 heteroatoms. The number of esters is 1. The van der Waals surface area contributed by atoms with Gasteiger partial charge in [-0.05, 0) is 39.2 Å². The van der Waals surface area contributed by atoms with Gasteiger partial charge in [-0.3, -0.25) is 9.59 Å². The van der Waals surface area contributed by atoms with E-state index < -0.39 is 6.10 Å². The predicted molar refractivity (Wildman–Crippen MR) is 81.6 cm³/mol. The van der Waals surface area contributed by atoms with Gasteiger partial charge in [0.15, 0.2) is 11.9 Å². The number of carbonyl (C=O) groups is 1. The third kappa shape index (κ3) is 2.48. The Morgan fingerprint density at radius 1 is 1.43 bits per heavy atom. The van der Waals surface area contributed by atoms with E-state index in [4.69, 9.17) is 4.74 Å². The van der Waals surface area contributed by atoms with E-state index in [1.54, 1.807) is 6.92 Å². The van der Waals surface area contributed by atoms with Crippen LogP contribution in [-0.4, -0.2) is 15.9 Å². The van der Waals surface area contributed by atoms with Crippen LogP contribution in [-0.2, 0) is 9.53 Å². The van der Waals surface area contributed by atoms with E-state index in [0.717, 1.165) is 29.7 Å². The number of fused-ring (bicyclic) bond motifs is 1. The molecule has 0 unspecified atom stereocenters. The molecule has 2 aromatic rings. The summed E-state index contributed by atoms with van der Waals surface area (Å²) in [6.45, 7) is 5.64. The first kappa shape index (κ1) is 14.3. The summed E-state index contributed by atoms with van der Waals surface area (Å²) < 4.78 is 5.41. The number of nitrogens with one attached hydrogen (secondary N) is 1. The van der Waals surface area contributed by atoms with Gasteiger partial charge in [-0.25, -0.2) is 4.98 Å². The standard InChI is InChI=1S/C15H18N2O3S/c1-7-9(3)21-14-11(7)13(18)16-12(17-14)8(2)20-15(19)10-5-4-6-10/h8,10H,4-6H2,1-3H3,(H,16,17,18)/t8-/m1/s1. The molecule has 0 amide bonds. The van der Waals surface area contributed by atoms with Gasteiger partial charge >= 0.3 is 5.97 Å². The molecule has 0 bridgehead atoms. The second-order valence-corrected chi connectivity index (χ2v) is 6.82. The molecule has 3 rings (SSSR count). The van der Waals surface area contributed by atoms with Crippen LogP contribution in [0.15, 0.2) is 4.79 Å². The van der Waals surface area contributed by atoms with Crippen LogP contribution in [0.4, 0.5) is 0 Å². The third-order valence-corrected chi connectivity index (χ3v) is 5.28. The minimum absolute atomic E-state index is 0.0223. The predicted octanol–water partition coefficient (Wildman–Crippen LogP) is 3.01. The van der Waals surface area contributed by atoms with Crippen molar-refractivity contribution in [1.82, 2.24) is 9.97 Å². The Morgan fingerprint density at radius 2 is 2.14 bits per heavy atom. The fourth-order valence-corrected chi connectivity index (χ4v) is 3.47. The third-order valence-electron chi connectivity index (χ3n) is 4.17. The second kappa shape index (κ2) is 5.26. The van der Waals surface area contributed by atoms with Gasteiger partial charge in [0, 0.05) is 4.88 Å². The molecule has 0 radical (unpaired) electrons. The van der Waals surface area contributed by atoms with Gasteiger partial charge in [-0.1, -0.05) is 6.42 Å². The molecule has 1 fully saturated rings. The summed E-state index contributed by atoms with van der Waals surface area (Å²) in [6, 6.07) is 0. The number of ether oxygens (including phenoxy) is 1. The zero-order valence-electron chi connectivity index (χ0n) is 12.4. The van der Waals surface area contributed by atoms with Gasteiger partial charge in [0.2, 0.25) is 0 Å². The van der Waals surface area contributed by atoms with Gasteiger partial charge in [0.25, 0.3) is 5.56 Å². The lowest BCUT2D eigenvalue weighted by atomic mass is 9.86. The highest BCUT2D eigenvalue weighted by Crippen LogP contribution is 2.30. The summed E-state index contributed by atoms with van der Waals surface area (Å²) in [6.07, 6.45) is 2.36. The topological polar surface area (TPSA) is 72.0 Å². The lowest BCUT2D eigenvalue weighted by Crippen LogP contribution is -2.26. The lowest BCUT2D eigenvalue weighted by molar-refractivity contribution is -0.156. The molecule has 1 aliphatic rings. The molecule has 0 aromatic carbocycles. The molecule has 112 valence electrons. The quantitative estimate of drug-likeness (QED) is 0.885. The van der Waals surface area contributed by atoms with E-state index in [1.807, 2.05) is 13.8 Å². The van der Waals surface area contributed by atoms with Crippen molar-refractivity contribution in [1.29, 1.82) is 0 Å². The molecule has 1 aliphatic carbocycles. The Hall–Kier alpha value is -1.69. The molecule has 5 nitrogen and oxygen atoms in total. The van der Waals surface area contributed by atoms with Crippen molar-refractivity contribution in [3.63, 3.8) is 0 Å². The first-order valence-corrected chi connectivity index (χ1v) is 7.99.